The van der Waals surface area contributed by atoms with Gasteiger partial charge in [-0.3, -0.25) is 14.4 Å². The summed E-state index contributed by atoms with van der Waals surface area (Å²) in [4.78, 5) is 35.8. The summed E-state index contributed by atoms with van der Waals surface area (Å²) in [6, 6.07) is 11.1. The molecular weight excluding hydrogens is 399 g/mol. The van der Waals surface area contributed by atoms with E-state index < -0.39 is 5.82 Å². The van der Waals surface area contributed by atoms with Crippen molar-refractivity contribution >= 4 is 35.1 Å². The second-order valence-electron chi connectivity index (χ2n) is 7.32. The van der Waals surface area contributed by atoms with Gasteiger partial charge in [-0.15, -0.1) is 0 Å². The van der Waals surface area contributed by atoms with E-state index in [1.54, 1.807) is 30.3 Å². The molecular formula is C24H25FN2O4. The predicted octanol–water partition coefficient (Wildman–Crippen LogP) is 4.17. The van der Waals surface area contributed by atoms with E-state index in [9.17, 15) is 18.8 Å². The number of hydrogen-bond acceptors (Lipinski definition) is 4. The van der Waals surface area contributed by atoms with Crippen LogP contribution < -0.4 is 10.6 Å². The molecule has 0 saturated carbocycles. The SMILES string of the molecule is COC(=O)CCCCCCNC(=O)c1cccc(/C=C2\C(=O)Nc3ccc(F)cc32)c1. The van der Waals surface area contributed by atoms with Crippen LogP contribution in [0.25, 0.3) is 11.6 Å². The fourth-order valence-corrected chi connectivity index (χ4v) is 3.39. The molecule has 0 saturated heterocycles. The minimum absolute atomic E-state index is 0.197. The summed E-state index contributed by atoms with van der Waals surface area (Å²) in [6.45, 7) is 0.539. The first-order valence-corrected chi connectivity index (χ1v) is 10.3. The van der Waals surface area contributed by atoms with Gasteiger partial charge in [0.1, 0.15) is 5.82 Å². The smallest absolute Gasteiger partial charge is 0.305 e. The Bertz CT molecular complexity index is 1020. The van der Waals surface area contributed by atoms with Crippen LogP contribution in [0.15, 0.2) is 42.5 Å². The van der Waals surface area contributed by atoms with Crippen molar-refractivity contribution in [2.24, 2.45) is 0 Å². The Balaban J connectivity index is 1.55. The standard InChI is InChI=1S/C24H25FN2O4/c1-31-22(28)9-4-2-3-5-12-26-23(29)17-8-6-7-16(13-17)14-20-19-15-18(25)10-11-21(19)27-24(20)30/h6-8,10-11,13-15H,2-5,9,12H2,1H3,(H,26,29)(H,27,30)/b20-14-. The lowest BCUT2D eigenvalue weighted by Crippen LogP contribution is -2.24. The number of methoxy groups -OCH3 is 1. The highest BCUT2D eigenvalue weighted by atomic mass is 19.1. The van der Waals surface area contributed by atoms with Gasteiger partial charge in [0, 0.05) is 35.4 Å². The molecule has 31 heavy (non-hydrogen) atoms. The van der Waals surface area contributed by atoms with E-state index in [4.69, 9.17) is 0 Å². The van der Waals surface area contributed by atoms with E-state index in [0.717, 1.165) is 25.7 Å². The lowest BCUT2D eigenvalue weighted by Gasteiger charge is -2.06. The molecule has 0 radical (unpaired) electrons. The van der Waals surface area contributed by atoms with Gasteiger partial charge in [-0.05, 0) is 54.8 Å². The molecule has 6 nitrogen and oxygen atoms in total. The maximum atomic E-state index is 13.6. The van der Waals surface area contributed by atoms with Gasteiger partial charge in [0.05, 0.1) is 7.11 Å². The zero-order valence-electron chi connectivity index (χ0n) is 17.4. The van der Waals surface area contributed by atoms with Crippen molar-refractivity contribution in [2.75, 3.05) is 19.0 Å². The van der Waals surface area contributed by atoms with Crippen molar-refractivity contribution in [2.45, 2.75) is 32.1 Å². The quantitative estimate of drug-likeness (QED) is 0.359. The maximum Gasteiger partial charge on any atom is 0.305 e. The second-order valence-corrected chi connectivity index (χ2v) is 7.32. The van der Waals surface area contributed by atoms with Gasteiger partial charge in [-0.2, -0.15) is 0 Å². The minimum Gasteiger partial charge on any atom is -0.469 e. The molecule has 0 fully saturated rings. The van der Waals surface area contributed by atoms with Gasteiger partial charge in [0.25, 0.3) is 11.8 Å². The molecule has 1 heterocycles. The van der Waals surface area contributed by atoms with E-state index in [-0.39, 0.29) is 17.8 Å². The summed E-state index contributed by atoms with van der Waals surface area (Å²) >= 11 is 0. The van der Waals surface area contributed by atoms with Crippen molar-refractivity contribution in [1.82, 2.24) is 5.32 Å². The van der Waals surface area contributed by atoms with Gasteiger partial charge in [-0.25, -0.2) is 4.39 Å². The molecule has 0 atom stereocenters. The van der Waals surface area contributed by atoms with Gasteiger partial charge in [-0.1, -0.05) is 25.0 Å². The highest BCUT2D eigenvalue weighted by Crippen LogP contribution is 2.33. The first-order valence-electron chi connectivity index (χ1n) is 10.3. The third kappa shape index (κ3) is 6.01. The van der Waals surface area contributed by atoms with Crippen molar-refractivity contribution in [3.05, 3.63) is 65.0 Å². The number of unbranched alkanes of at least 4 members (excludes halogenated alkanes) is 3. The zero-order valence-corrected chi connectivity index (χ0v) is 17.4. The van der Waals surface area contributed by atoms with E-state index in [2.05, 4.69) is 15.4 Å². The normalized spacial score (nSPS) is 13.6. The fraction of sp³-hybridized carbons (Fsp3) is 0.292. The largest absolute Gasteiger partial charge is 0.469 e. The summed E-state index contributed by atoms with van der Waals surface area (Å²) < 4.78 is 18.2. The molecule has 0 aliphatic carbocycles. The summed E-state index contributed by atoms with van der Waals surface area (Å²) in [7, 11) is 1.38. The molecule has 3 rings (SSSR count). The molecule has 1 aliphatic heterocycles. The number of rotatable bonds is 9. The minimum atomic E-state index is -0.417. The molecule has 2 aromatic rings. The Morgan fingerprint density at radius 2 is 1.90 bits per heavy atom. The van der Waals surface area contributed by atoms with Crippen molar-refractivity contribution in [1.29, 1.82) is 0 Å². The molecule has 0 unspecified atom stereocenters. The monoisotopic (exact) mass is 424 g/mol. The van der Waals surface area contributed by atoms with Crippen molar-refractivity contribution < 1.29 is 23.5 Å². The number of anilines is 1. The third-order valence-corrected chi connectivity index (χ3v) is 5.05. The van der Waals surface area contributed by atoms with Crippen LogP contribution in [-0.4, -0.2) is 31.4 Å². The van der Waals surface area contributed by atoms with Crippen LogP contribution in [0, 0.1) is 5.82 Å². The third-order valence-electron chi connectivity index (χ3n) is 5.05. The number of amides is 2. The highest BCUT2D eigenvalue weighted by molar-refractivity contribution is 6.34. The van der Waals surface area contributed by atoms with Gasteiger partial charge in [0.2, 0.25) is 0 Å². The van der Waals surface area contributed by atoms with Gasteiger partial charge in [0.15, 0.2) is 0 Å². The van der Waals surface area contributed by atoms with Crippen LogP contribution in [0.3, 0.4) is 0 Å². The molecule has 1 aliphatic rings. The van der Waals surface area contributed by atoms with Crippen LogP contribution in [0.4, 0.5) is 10.1 Å². The van der Waals surface area contributed by atoms with Crippen LogP contribution in [-0.2, 0) is 14.3 Å². The number of carbonyl (C=O) groups is 3. The van der Waals surface area contributed by atoms with Crippen molar-refractivity contribution in [3.8, 4) is 0 Å². The summed E-state index contributed by atoms with van der Waals surface area (Å²) in [5.74, 6) is -1.12. The van der Waals surface area contributed by atoms with Gasteiger partial charge >= 0.3 is 5.97 Å². The lowest BCUT2D eigenvalue weighted by atomic mass is 10.0. The Hall–Kier alpha value is -3.48. The van der Waals surface area contributed by atoms with Crippen LogP contribution in [0.5, 0.6) is 0 Å². The van der Waals surface area contributed by atoms with Crippen molar-refractivity contribution in [3.63, 3.8) is 0 Å². The topological polar surface area (TPSA) is 84.5 Å². The molecule has 0 aromatic heterocycles. The molecule has 0 spiro atoms. The maximum absolute atomic E-state index is 13.6. The van der Waals surface area contributed by atoms with E-state index in [1.165, 1.54) is 25.3 Å². The highest BCUT2D eigenvalue weighted by Gasteiger charge is 2.24. The Labute approximate surface area is 180 Å². The van der Waals surface area contributed by atoms with Crippen LogP contribution in [0.1, 0.15) is 53.6 Å². The van der Waals surface area contributed by atoms with Crippen LogP contribution >= 0.6 is 0 Å². The van der Waals surface area contributed by atoms with E-state index in [0.29, 0.717) is 40.9 Å². The molecule has 162 valence electrons. The molecule has 2 N–H and O–H groups in total. The van der Waals surface area contributed by atoms with E-state index >= 15 is 0 Å². The molecule has 2 amide bonds. The zero-order chi connectivity index (χ0) is 22.2. The lowest BCUT2D eigenvalue weighted by molar-refractivity contribution is -0.140. The fourth-order valence-electron chi connectivity index (χ4n) is 3.39. The number of ether oxygens (including phenoxy) is 1. The Morgan fingerprint density at radius 1 is 1.10 bits per heavy atom. The Morgan fingerprint density at radius 3 is 2.71 bits per heavy atom. The summed E-state index contributed by atoms with van der Waals surface area (Å²) in [5, 5.41) is 5.59. The average molecular weight is 424 g/mol. The van der Waals surface area contributed by atoms with Crippen LogP contribution in [0.2, 0.25) is 0 Å². The second kappa shape index (κ2) is 10.5. The number of esters is 1. The number of fused-ring (bicyclic) bond motifs is 1. The molecule has 7 heteroatoms. The summed E-state index contributed by atoms with van der Waals surface area (Å²) in [5.41, 5.74) is 2.60. The average Bonchev–Trinajstić information content (AvgIpc) is 3.07. The number of halogens is 1. The number of benzene rings is 2. The number of carbonyl (C=O) groups excluding carboxylic acids is 3. The predicted molar refractivity (Wildman–Crippen MR) is 117 cm³/mol. The first kappa shape index (κ1) is 22.2. The number of hydrogen-bond donors (Lipinski definition) is 2. The first-order chi connectivity index (χ1) is 15.0. The molecule has 2 aromatic carbocycles. The molecule has 0 bridgehead atoms. The summed E-state index contributed by atoms with van der Waals surface area (Å²) in [6.07, 6.45) is 5.47. The van der Waals surface area contributed by atoms with E-state index in [1.807, 2.05) is 0 Å². The Kier molecular flexibility index (Phi) is 7.54. The van der Waals surface area contributed by atoms with Gasteiger partial charge < -0.3 is 15.4 Å². The number of nitrogens with one attached hydrogen (secondary N) is 2.